The van der Waals surface area contributed by atoms with Crippen LogP contribution in [0.4, 0.5) is 0 Å². The Kier molecular flexibility index (Phi) is 4.49. The number of fused-ring (bicyclic) bond motifs is 10. The van der Waals surface area contributed by atoms with Gasteiger partial charge in [0.1, 0.15) is 27.9 Å². The highest BCUT2D eigenvalue weighted by atomic mass is 16.3. The van der Waals surface area contributed by atoms with E-state index >= 15 is 0 Å². The molecule has 0 atom stereocenters. The highest BCUT2D eigenvalue weighted by Gasteiger charge is 2.25. The summed E-state index contributed by atoms with van der Waals surface area (Å²) in [5.41, 5.74) is 7.79. The molecule has 3 aromatic heterocycles. The largest absolute Gasteiger partial charge is 0.464 e. The van der Waals surface area contributed by atoms with Crippen molar-refractivity contribution in [3.63, 3.8) is 0 Å². The maximum absolute atomic E-state index is 8.85. The molecule has 3 nitrogen and oxygen atoms in total. The molecular formula is C46H26O3. The van der Waals surface area contributed by atoms with Crippen molar-refractivity contribution in [1.29, 1.82) is 0 Å². The Hall–Kier alpha value is -6.58. The van der Waals surface area contributed by atoms with E-state index in [0.717, 1.165) is 81.9 Å². The van der Waals surface area contributed by atoms with Crippen LogP contribution < -0.4 is 0 Å². The summed E-state index contributed by atoms with van der Waals surface area (Å²) in [6, 6.07) is 39.0. The van der Waals surface area contributed by atoms with Gasteiger partial charge in [-0.05, 0) is 73.6 Å². The minimum absolute atomic E-state index is 0.0919. The second-order valence-corrected chi connectivity index (χ2v) is 12.4. The van der Waals surface area contributed by atoms with Crippen molar-refractivity contribution in [2.75, 3.05) is 0 Å². The van der Waals surface area contributed by atoms with E-state index in [1.54, 1.807) is 12.3 Å². The van der Waals surface area contributed by atoms with E-state index in [-0.39, 0.29) is 17.6 Å². The van der Waals surface area contributed by atoms with Gasteiger partial charge < -0.3 is 13.3 Å². The van der Waals surface area contributed by atoms with E-state index in [1.807, 2.05) is 42.5 Å². The first kappa shape index (κ1) is 22.1. The lowest BCUT2D eigenvalue weighted by atomic mass is 9.84. The number of hydrogen-bond donors (Lipinski definition) is 0. The molecule has 11 rings (SSSR count). The van der Waals surface area contributed by atoms with Gasteiger partial charge >= 0.3 is 0 Å². The third-order valence-corrected chi connectivity index (χ3v) is 9.83. The molecule has 0 aliphatic carbocycles. The fourth-order valence-corrected chi connectivity index (χ4v) is 7.78. The Morgan fingerprint density at radius 1 is 0.429 bits per heavy atom. The molecule has 0 saturated carbocycles. The maximum Gasteiger partial charge on any atom is 0.147 e. The predicted molar refractivity (Wildman–Crippen MR) is 202 cm³/mol. The number of para-hydroxylation sites is 2. The Labute approximate surface area is 287 Å². The second-order valence-electron chi connectivity index (χ2n) is 12.4. The van der Waals surface area contributed by atoms with Crippen LogP contribution in [-0.2, 0) is 0 Å². The third-order valence-electron chi connectivity index (χ3n) is 9.83. The molecule has 0 fully saturated rings. The highest BCUT2D eigenvalue weighted by Crippen LogP contribution is 2.50. The van der Waals surface area contributed by atoms with E-state index in [1.165, 1.54) is 0 Å². The van der Waals surface area contributed by atoms with Crippen LogP contribution in [0.15, 0.2) is 171 Å². The zero-order chi connectivity index (χ0) is 36.4. The number of furan rings is 3. The van der Waals surface area contributed by atoms with Crippen molar-refractivity contribution in [2.24, 2.45) is 0 Å². The topological polar surface area (TPSA) is 39.4 Å². The van der Waals surface area contributed by atoms with Gasteiger partial charge in [0.15, 0.2) is 0 Å². The van der Waals surface area contributed by atoms with E-state index in [9.17, 15) is 0 Å². The SMILES string of the molecule is [2H]c1c([2H])c([2H])c(-c2cccc3c2oc2c3c(-c3c4ccccc4c(-c4ccc5ccoc5c4)c4ccccc34)cc3oc4ccccc4c32)c([2H])c1[2H]. The molecule has 0 aliphatic rings. The summed E-state index contributed by atoms with van der Waals surface area (Å²) in [5.74, 6) is 0. The van der Waals surface area contributed by atoms with Crippen molar-refractivity contribution in [2.45, 2.75) is 0 Å². The Morgan fingerprint density at radius 2 is 1.12 bits per heavy atom. The van der Waals surface area contributed by atoms with Crippen LogP contribution in [0.5, 0.6) is 0 Å². The molecule has 0 spiro atoms. The molecule has 0 radical (unpaired) electrons. The smallest absolute Gasteiger partial charge is 0.147 e. The average molecular weight is 632 g/mol. The van der Waals surface area contributed by atoms with E-state index in [4.69, 9.17) is 20.1 Å². The van der Waals surface area contributed by atoms with Crippen LogP contribution in [-0.4, -0.2) is 0 Å². The Bertz CT molecular complexity index is 3320. The molecule has 3 heteroatoms. The molecule has 3 heterocycles. The fraction of sp³-hybridized carbons (Fsp3) is 0. The fourth-order valence-electron chi connectivity index (χ4n) is 7.78. The van der Waals surface area contributed by atoms with Gasteiger partial charge in [0.2, 0.25) is 0 Å². The number of benzene rings is 8. The first-order valence-corrected chi connectivity index (χ1v) is 16.2. The van der Waals surface area contributed by atoms with Gasteiger partial charge in [0.25, 0.3) is 0 Å². The van der Waals surface area contributed by atoms with Crippen LogP contribution in [0.1, 0.15) is 6.85 Å². The summed E-state index contributed by atoms with van der Waals surface area (Å²) in [6.07, 6.45) is 1.71. The van der Waals surface area contributed by atoms with Gasteiger partial charge in [0, 0.05) is 27.1 Å². The molecular weight excluding hydrogens is 601 g/mol. The van der Waals surface area contributed by atoms with Crippen LogP contribution in [0.25, 0.3) is 110 Å². The summed E-state index contributed by atoms with van der Waals surface area (Å²) >= 11 is 0. The first-order chi connectivity index (χ1) is 26.4. The lowest BCUT2D eigenvalue weighted by molar-refractivity contribution is 0.616. The van der Waals surface area contributed by atoms with Crippen molar-refractivity contribution >= 4 is 76.4 Å². The molecule has 228 valence electrons. The summed E-state index contributed by atoms with van der Waals surface area (Å²) in [5, 5.41) is 8.58. The Balaban J connectivity index is 1.33. The molecule has 0 saturated heterocycles. The van der Waals surface area contributed by atoms with Gasteiger partial charge in [-0.25, -0.2) is 0 Å². The normalized spacial score (nSPS) is 13.5. The quantitative estimate of drug-likeness (QED) is 0.182. The van der Waals surface area contributed by atoms with E-state index in [0.29, 0.717) is 22.3 Å². The first-order valence-electron chi connectivity index (χ1n) is 18.7. The molecule has 49 heavy (non-hydrogen) atoms. The highest BCUT2D eigenvalue weighted by molar-refractivity contribution is 6.31. The monoisotopic (exact) mass is 631 g/mol. The molecule has 0 N–H and O–H groups in total. The minimum Gasteiger partial charge on any atom is -0.464 e. The average Bonchev–Trinajstić information content (AvgIpc) is 3.93. The van der Waals surface area contributed by atoms with Gasteiger partial charge in [0.05, 0.1) is 18.5 Å². The van der Waals surface area contributed by atoms with Gasteiger partial charge in [-0.15, -0.1) is 0 Å². The molecule has 0 unspecified atom stereocenters. The van der Waals surface area contributed by atoms with Crippen LogP contribution in [0.3, 0.4) is 0 Å². The van der Waals surface area contributed by atoms with Crippen molar-refractivity contribution in [3.05, 3.63) is 158 Å². The standard InChI is InChI=1S/C46H26O3/c1-2-11-27(12-3-1)30-18-10-19-36-43-37(26-40-44(46(43)49-45(30)36)35-17-8-9-20-38(35)48-40)42-33-15-6-4-13-31(33)41(32-14-5-7-16-34(32)42)29-22-21-28-23-24-47-39(28)25-29/h1-26H/i1D,2D,3D,11D,12D. The van der Waals surface area contributed by atoms with E-state index < -0.39 is 18.1 Å². The van der Waals surface area contributed by atoms with Crippen LogP contribution >= 0.6 is 0 Å². The van der Waals surface area contributed by atoms with E-state index in [2.05, 4.69) is 72.8 Å². The summed E-state index contributed by atoms with van der Waals surface area (Å²) in [7, 11) is 0. The third kappa shape index (κ3) is 3.73. The van der Waals surface area contributed by atoms with Crippen LogP contribution in [0.2, 0.25) is 0 Å². The predicted octanol–water partition coefficient (Wildman–Crippen LogP) is 13.5. The zero-order valence-electron chi connectivity index (χ0n) is 30.8. The zero-order valence-corrected chi connectivity index (χ0v) is 25.8. The number of hydrogen-bond acceptors (Lipinski definition) is 3. The molecule has 0 bridgehead atoms. The molecule has 0 amide bonds. The van der Waals surface area contributed by atoms with Crippen molar-refractivity contribution in [1.82, 2.24) is 0 Å². The van der Waals surface area contributed by atoms with Gasteiger partial charge in [-0.3, -0.25) is 0 Å². The van der Waals surface area contributed by atoms with Crippen molar-refractivity contribution < 1.29 is 20.1 Å². The molecule has 11 aromatic rings. The molecule has 0 aliphatic heterocycles. The van der Waals surface area contributed by atoms with Crippen molar-refractivity contribution in [3.8, 4) is 33.4 Å². The lowest BCUT2D eigenvalue weighted by Crippen LogP contribution is -1.91. The van der Waals surface area contributed by atoms with Gasteiger partial charge in [-0.2, -0.15) is 0 Å². The maximum atomic E-state index is 8.85. The Morgan fingerprint density at radius 3 is 1.90 bits per heavy atom. The second kappa shape index (κ2) is 9.96. The molecule has 8 aromatic carbocycles. The van der Waals surface area contributed by atoms with Gasteiger partial charge in [-0.1, -0.05) is 127 Å². The summed E-state index contributed by atoms with van der Waals surface area (Å²) in [4.78, 5) is 0. The summed E-state index contributed by atoms with van der Waals surface area (Å²) in [6.45, 7) is 0. The summed E-state index contributed by atoms with van der Waals surface area (Å²) < 4.78 is 62.1. The van der Waals surface area contributed by atoms with Crippen LogP contribution in [0, 0.1) is 0 Å². The minimum atomic E-state index is -0.439. The lowest BCUT2D eigenvalue weighted by Gasteiger charge is -2.18. The number of rotatable bonds is 3.